The molecule has 1 fully saturated rings. The van der Waals surface area contributed by atoms with Crippen LogP contribution in [0.15, 0.2) is 60.7 Å². The Balaban J connectivity index is 1.69. The Morgan fingerprint density at radius 2 is 1.63 bits per heavy atom. The molecule has 2 aromatic carbocycles. The molecule has 1 heterocycles. The molecule has 0 aliphatic carbocycles. The van der Waals surface area contributed by atoms with Crippen LogP contribution < -0.4 is 10.6 Å². The Kier molecular flexibility index (Phi) is 5.91. The molecule has 0 bridgehead atoms. The van der Waals surface area contributed by atoms with Crippen molar-refractivity contribution in [2.75, 3.05) is 11.5 Å². The number of hydrogen-bond donors (Lipinski definition) is 2. The van der Waals surface area contributed by atoms with E-state index in [0.717, 1.165) is 5.56 Å². The van der Waals surface area contributed by atoms with Crippen molar-refractivity contribution in [3.63, 3.8) is 0 Å². The maximum absolute atomic E-state index is 12.5. The fourth-order valence-corrected chi connectivity index (χ4v) is 4.82. The van der Waals surface area contributed by atoms with Crippen LogP contribution >= 0.6 is 0 Å². The van der Waals surface area contributed by atoms with E-state index >= 15 is 0 Å². The Hall–Kier alpha value is -2.67. The second kappa shape index (κ2) is 8.35. The quantitative estimate of drug-likeness (QED) is 0.792. The van der Waals surface area contributed by atoms with E-state index in [9.17, 15) is 18.0 Å². The molecule has 0 saturated carbocycles. The fourth-order valence-electron chi connectivity index (χ4n) is 3.15. The van der Waals surface area contributed by atoms with Crippen molar-refractivity contribution >= 4 is 21.7 Å². The molecule has 2 aromatic rings. The second-order valence-corrected chi connectivity index (χ2v) is 8.90. The van der Waals surface area contributed by atoms with Gasteiger partial charge >= 0.3 is 0 Å². The Labute approximate surface area is 158 Å². The van der Waals surface area contributed by atoms with Crippen molar-refractivity contribution in [1.29, 1.82) is 0 Å². The molecule has 7 heteroatoms. The molecule has 2 atom stereocenters. The van der Waals surface area contributed by atoms with Crippen molar-refractivity contribution in [3.05, 3.63) is 71.8 Å². The van der Waals surface area contributed by atoms with Crippen LogP contribution in [0.2, 0.25) is 0 Å². The Bertz CT molecular complexity index is 898. The zero-order valence-electron chi connectivity index (χ0n) is 14.8. The van der Waals surface area contributed by atoms with Gasteiger partial charge < -0.3 is 10.6 Å². The number of amides is 2. The van der Waals surface area contributed by atoms with Crippen LogP contribution in [-0.2, 0) is 14.6 Å². The van der Waals surface area contributed by atoms with Gasteiger partial charge in [0.25, 0.3) is 5.91 Å². The van der Waals surface area contributed by atoms with Crippen molar-refractivity contribution in [1.82, 2.24) is 10.6 Å². The van der Waals surface area contributed by atoms with E-state index in [1.54, 1.807) is 24.3 Å². The van der Waals surface area contributed by atoms with E-state index in [1.807, 2.05) is 36.4 Å². The first kappa shape index (κ1) is 19.1. The third-order valence-corrected chi connectivity index (χ3v) is 6.30. The number of carbonyl (C=O) groups excluding carboxylic acids is 2. The lowest BCUT2D eigenvalue weighted by atomic mass is 10.0. The van der Waals surface area contributed by atoms with Crippen LogP contribution in [-0.4, -0.2) is 37.8 Å². The summed E-state index contributed by atoms with van der Waals surface area (Å²) in [5.41, 5.74) is 1.33. The molecule has 0 aromatic heterocycles. The van der Waals surface area contributed by atoms with Crippen molar-refractivity contribution in [2.24, 2.45) is 0 Å². The normalized spacial score (nSPS) is 19.2. The fraction of sp³-hybridized carbons (Fsp3) is 0.300. The molecule has 2 N–H and O–H groups in total. The number of hydrogen-bond acceptors (Lipinski definition) is 4. The molecule has 0 radical (unpaired) electrons. The smallest absolute Gasteiger partial charge is 0.251 e. The number of benzene rings is 2. The second-order valence-electron chi connectivity index (χ2n) is 6.67. The summed E-state index contributed by atoms with van der Waals surface area (Å²) in [6.07, 6.45) is 0.472. The molecule has 0 spiro atoms. The van der Waals surface area contributed by atoms with Crippen LogP contribution in [0.25, 0.3) is 0 Å². The molecule has 27 heavy (non-hydrogen) atoms. The van der Waals surface area contributed by atoms with Gasteiger partial charge in [0.05, 0.1) is 24.0 Å². The molecule has 1 aliphatic rings. The number of nitrogens with one attached hydrogen (secondary N) is 2. The molecule has 3 rings (SSSR count). The van der Waals surface area contributed by atoms with Gasteiger partial charge in [-0.05, 0) is 24.1 Å². The van der Waals surface area contributed by atoms with E-state index in [1.165, 1.54) is 0 Å². The minimum atomic E-state index is -3.06. The van der Waals surface area contributed by atoms with Crippen LogP contribution in [0.3, 0.4) is 0 Å². The summed E-state index contributed by atoms with van der Waals surface area (Å²) in [6.45, 7) is 0. The van der Waals surface area contributed by atoms with E-state index < -0.39 is 15.9 Å². The zero-order chi connectivity index (χ0) is 19.3. The standard InChI is InChI=1S/C20H22N2O4S/c23-19(21-17-11-12-27(25,26)14-17)13-18(15-7-3-1-4-8-15)22-20(24)16-9-5-2-6-10-16/h1-10,17-18H,11-14H2,(H,21,23)(H,22,24). The van der Waals surface area contributed by atoms with E-state index in [-0.39, 0.29) is 35.8 Å². The van der Waals surface area contributed by atoms with Crippen LogP contribution in [0, 0.1) is 0 Å². The van der Waals surface area contributed by atoms with Gasteiger partial charge in [0.2, 0.25) is 5.91 Å². The summed E-state index contributed by atoms with van der Waals surface area (Å²) in [7, 11) is -3.06. The predicted molar refractivity (Wildman–Crippen MR) is 103 cm³/mol. The maximum Gasteiger partial charge on any atom is 0.251 e. The highest BCUT2D eigenvalue weighted by atomic mass is 32.2. The van der Waals surface area contributed by atoms with Gasteiger partial charge in [-0.15, -0.1) is 0 Å². The summed E-state index contributed by atoms with van der Waals surface area (Å²) >= 11 is 0. The van der Waals surface area contributed by atoms with Gasteiger partial charge in [-0.1, -0.05) is 48.5 Å². The average Bonchev–Trinajstić information content (AvgIpc) is 3.00. The highest BCUT2D eigenvalue weighted by Crippen LogP contribution is 2.18. The molecule has 6 nitrogen and oxygen atoms in total. The Morgan fingerprint density at radius 1 is 1.00 bits per heavy atom. The van der Waals surface area contributed by atoms with Gasteiger partial charge in [0.15, 0.2) is 9.84 Å². The van der Waals surface area contributed by atoms with Crippen LogP contribution in [0.1, 0.15) is 34.8 Å². The summed E-state index contributed by atoms with van der Waals surface area (Å²) in [4.78, 5) is 25.0. The van der Waals surface area contributed by atoms with Crippen LogP contribution in [0.4, 0.5) is 0 Å². The van der Waals surface area contributed by atoms with Crippen molar-refractivity contribution < 1.29 is 18.0 Å². The number of carbonyl (C=O) groups is 2. The van der Waals surface area contributed by atoms with Crippen LogP contribution in [0.5, 0.6) is 0 Å². The lowest BCUT2D eigenvalue weighted by Gasteiger charge is -2.20. The predicted octanol–water partition coefficient (Wildman–Crippen LogP) is 1.85. The van der Waals surface area contributed by atoms with E-state index in [0.29, 0.717) is 12.0 Å². The SMILES string of the molecule is O=C(CC(NC(=O)c1ccccc1)c1ccccc1)NC1CCS(=O)(=O)C1. The average molecular weight is 386 g/mol. The molecule has 1 aliphatic heterocycles. The topological polar surface area (TPSA) is 92.3 Å². The number of rotatable bonds is 6. The summed E-state index contributed by atoms with van der Waals surface area (Å²) in [5.74, 6) is -0.462. The van der Waals surface area contributed by atoms with Gasteiger partial charge in [-0.2, -0.15) is 0 Å². The molecule has 2 amide bonds. The largest absolute Gasteiger partial charge is 0.352 e. The first-order valence-corrected chi connectivity index (χ1v) is 10.7. The highest BCUT2D eigenvalue weighted by Gasteiger charge is 2.29. The third kappa shape index (κ3) is 5.40. The van der Waals surface area contributed by atoms with Gasteiger partial charge in [0.1, 0.15) is 0 Å². The van der Waals surface area contributed by atoms with E-state index in [4.69, 9.17) is 0 Å². The minimum absolute atomic E-state index is 0.0227. The van der Waals surface area contributed by atoms with E-state index in [2.05, 4.69) is 10.6 Å². The maximum atomic E-state index is 12.5. The monoisotopic (exact) mass is 386 g/mol. The summed E-state index contributed by atoms with van der Waals surface area (Å²) in [6, 6.07) is 17.2. The molecular weight excluding hydrogens is 364 g/mol. The van der Waals surface area contributed by atoms with Crippen molar-refractivity contribution in [3.8, 4) is 0 Å². The van der Waals surface area contributed by atoms with Gasteiger partial charge in [-0.25, -0.2) is 8.42 Å². The lowest BCUT2D eigenvalue weighted by Crippen LogP contribution is -2.39. The summed E-state index contributed by atoms with van der Waals surface area (Å²) < 4.78 is 23.1. The van der Waals surface area contributed by atoms with Gasteiger partial charge in [0, 0.05) is 11.6 Å². The molecule has 1 saturated heterocycles. The highest BCUT2D eigenvalue weighted by molar-refractivity contribution is 7.91. The third-order valence-electron chi connectivity index (χ3n) is 4.53. The Morgan fingerprint density at radius 3 is 2.22 bits per heavy atom. The zero-order valence-corrected chi connectivity index (χ0v) is 15.6. The summed E-state index contributed by atoms with van der Waals surface area (Å²) in [5, 5.41) is 5.68. The molecule has 2 unspecified atom stereocenters. The van der Waals surface area contributed by atoms with Crippen molar-refractivity contribution in [2.45, 2.75) is 24.9 Å². The first-order chi connectivity index (χ1) is 12.9. The number of sulfone groups is 1. The lowest BCUT2D eigenvalue weighted by molar-refractivity contribution is -0.122. The van der Waals surface area contributed by atoms with Gasteiger partial charge in [-0.3, -0.25) is 9.59 Å². The molecule has 142 valence electrons. The minimum Gasteiger partial charge on any atom is -0.352 e. The first-order valence-electron chi connectivity index (χ1n) is 8.83. The molecular formula is C20H22N2O4S.